The fraction of sp³-hybridized carbons (Fsp3) is 0.333. The molecule has 2 aromatic heterocycles. The lowest BCUT2D eigenvalue weighted by atomic mass is 10.2. The molecule has 1 aromatic carbocycles. The number of ether oxygens (including phenoxy) is 1. The minimum atomic E-state index is -0.199. The molecule has 0 radical (unpaired) electrons. The third-order valence-corrected chi connectivity index (χ3v) is 4.94. The highest BCUT2D eigenvalue weighted by atomic mass is 35.5. The zero-order chi connectivity index (χ0) is 21.0. The van der Waals surface area contributed by atoms with Crippen LogP contribution in [0, 0.1) is 6.92 Å². The number of anilines is 1. The Bertz CT molecular complexity index is 990. The molecule has 0 aliphatic heterocycles. The predicted octanol–water partition coefficient (Wildman–Crippen LogP) is 3.17. The van der Waals surface area contributed by atoms with Gasteiger partial charge in [0.15, 0.2) is 5.69 Å². The first-order chi connectivity index (χ1) is 13.9. The van der Waals surface area contributed by atoms with E-state index in [1.54, 1.807) is 26.2 Å². The van der Waals surface area contributed by atoms with Gasteiger partial charge in [-0.05, 0) is 26.0 Å². The summed E-state index contributed by atoms with van der Waals surface area (Å²) in [5.41, 5.74) is 1.85. The summed E-state index contributed by atoms with van der Waals surface area (Å²) >= 11 is 12.3. The molecule has 0 saturated carbocycles. The number of amides is 1. The number of nitrogens with one attached hydrogen (secondary N) is 2. The minimum absolute atomic E-state index is 0.0164. The zero-order valence-electron chi connectivity index (χ0n) is 16.1. The summed E-state index contributed by atoms with van der Waals surface area (Å²) in [6.45, 7) is 4.20. The van der Waals surface area contributed by atoms with Crippen molar-refractivity contribution in [2.24, 2.45) is 0 Å². The molecule has 154 valence electrons. The average molecular weight is 439 g/mol. The van der Waals surface area contributed by atoms with Crippen LogP contribution < -0.4 is 15.4 Å². The summed E-state index contributed by atoms with van der Waals surface area (Å²) in [6, 6.07) is 5.25. The lowest BCUT2D eigenvalue weighted by molar-refractivity contribution is -0.122. The summed E-state index contributed by atoms with van der Waals surface area (Å²) in [6.07, 6.45) is 1.19. The van der Waals surface area contributed by atoms with E-state index in [2.05, 4.69) is 25.9 Å². The molecule has 11 heteroatoms. The average Bonchev–Trinajstić information content (AvgIpc) is 3.31. The highest BCUT2D eigenvalue weighted by Crippen LogP contribution is 2.28. The van der Waals surface area contributed by atoms with Crippen LogP contribution in [-0.4, -0.2) is 45.5 Å². The van der Waals surface area contributed by atoms with Crippen molar-refractivity contribution < 1.29 is 14.1 Å². The molecule has 0 fully saturated rings. The van der Waals surface area contributed by atoms with Crippen LogP contribution in [-0.2, 0) is 11.3 Å². The van der Waals surface area contributed by atoms with Gasteiger partial charge < -0.3 is 19.9 Å². The normalized spacial score (nSPS) is 11.9. The molecule has 3 aromatic rings. The van der Waals surface area contributed by atoms with Gasteiger partial charge in [0.2, 0.25) is 18.1 Å². The molecule has 1 amide bonds. The van der Waals surface area contributed by atoms with E-state index < -0.39 is 0 Å². The summed E-state index contributed by atoms with van der Waals surface area (Å²) in [5, 5.41) is 15.1. The fourth-order valence-corrected chi connectivity index (χ4v) is 3.06. The van der Waals surface area contributed by atoms with Gasteiger partial charge in [-0.15, -0.1) is 0 Å². The summed E-state index contributed by atoms with van der Waals surface area (Å²) in [5.74, 6) is 0.653. The fourth-order valence-electron chi connectivity index (χ4n) is 2.64. The first-order valence-corrected chi connectivity index (χ1v) is 9.51. The van der Waals surface area contributed by atoms with Crippen LogP contribution in [0.1, 0.15) is 12.6 Å². The number of carbonyl (C=O) groups excluding carboxylic acids is 1. The molecule has 0 bridgehead atoms. The van der Waals surface area contributed by atoms with E-state index in [-0.39, 0.29) is 24.3 Å². The minimum Gasteiger partial charge on any atom is -0.495 e. The largest absolute Gasteiger partial charge is 0.495 e. The monoisotopic (exact) mass is 438 g/mol. The van der Waals surface area contributed by atoms with Crippen LogP contribution in [0.3, 0.4) is 0 Å². The van der Waals surface area contributed by atoms with Gasteiger partial charge >= 0.3 is 0 Å². The third kappa shape index (κ3) is 4.99. The van der Waals surface area contributed by atoms with Crippen LogP contribution in [0.2, 0.25) is 10.0 Å². The van der Waals surface area contributed by atoms with Crippen LogP contribution in [0.5, 0.6) is 5.75 Å². The quantitative estimate of drug-likeness (QED) is 0.555. The van der Waals surface area contributed by atoms with Gasteiger partial charge in [0, 0.05) is 24.3 Å². The molecule has 2 N–H and O–H groups in total. The van der Waals surface area contributed by atoms with Crippen molar-refractivity contribution in [2.75, 3.05) is 19.0 Å². The lowest BCUT2D eigenvalue weighted by Gasteiger charge is -2.16. The number of benzene rings is 1. The van der Waals surface area contributed by atoms with Crippen molar-refractivity contribution in [3.05, 3.63) is 40.3 Å². The molecule has 0 saturated heterocycles. The van der Waals surface area contributed by atoms with Gasteiger partial charge in [-0.2, -0.15) is 10.1 Å². The first kappa shape index (κ1) is 20.9. The van der Waals surface area contributed by atoms with E-state index >= 15 is 0 Å². The highest BCUT2D eigenvalue weighted by molar-refractivity contribution is 6.33. The summed E-state index contributed by atoms with van der Waals surface area (Å²) < 4.78 is 11.4. The molecular formula is C18H20Cl2N6O3. The van der Waals surface area contributed by atoms with Gasteiger partial charge in [0.25, 0.3) is 0 Å². The molecule has 2 heterocycles. The second kappa shape index (κ2) is 9.15. The van der Waals surface area contributed by atoms with E-state index in [1.807, 2.05) is 13.0 Å². The molecular weight excluding hydrogens is 419 g/mol. The van der Waals surface area contributed by atoms with Crippen molar-refractivity contribution in [2.45, 2.75) is 26.4 Å². The zero-order valence-corrected chi connectivity index (χ0v) is 17.6. The Morgan fingerprint density at radius 2 is 2.17 bits per heavy atom. The van der Waals surface area contributed by atoms with Crippen molar-refractivity contribution in [3.8, 4) is 17.3 Å². The van der Waals surface area contributed by atoms with Crippen LogP contribution >= 0.6 is 23.2 Å². The second-order valence-electron chi connectivity index (χ2n) is 6.36. The maximum absolute atomic E-state index is 12.4. The Balaban J connectivity index is 1.56. The Morgan fingerprint density at radius 3 is 2.86 bits per heavy atom. The van der Waals surface area contributed by atoms with E-state index in [9.17, 15) is 4.79 Å². The number of hydrogen-bond acceptors (Lipinski definition) is 7. The molecule has 0 aliphatic carbocycles. The molecule has 0 unspecified atom stereocenters. The van der Waals surface area contributed by atoms with Crippen LogP contribution in [0.15, 0.2) is 29.1 Å². The topological polar surface area (TPSA) is 107 Å². The van der Waals surface area contributed by atoms with Gasteiger partial charge in [0.1, 0.15) is 12.3 Å². The Morgan fingerprint density at radius 1 is 1.38 bits per heavy atom. The molecule has 3 rings (SSSR count). The molecule has 0 spiro atoms. The van der Waals surface area contributed by atoms with Gasteiger partial charge in [-0.1, -0.05) is 28.4 Å². The number of hydrogen-bond donors (Lipinski definition) is 2. The van der Waals surface area contributed by atoms with E-state index in [0.29, 0.717) is 33.7 Å². The number of aromatic nitrogens is 4. The Hall–Kier alpha value is -2.78. The molecule has 9 nitrogen and oxygen atoms in total. The van der Waals surface area contributed by atoms with Crippen molar-refractivity contribution in [1.82, 2.24) is 25.2 Å². The SMILES string of the molecule is COc1cc(NC[C@H](C)NC(=O)Cn2nc(-c3ncon3)c(Cl)c2C)ccc1Cl. The van der Waals surface area contributed by atoms with Gasteiger partial charge in [0.05, 0.1) is 22.8 Å². The smallest absolute Gasteiger partial charge is 0.242 e. The summed E-state index contributed by atoms with van der Waals surface area (Å²) in [4.78, 5) is 16.3. The number of nitrogens with zero attached hydrogens (tertiary/aromatic N) is 4. The highest BCUT2D eigenvalue weighted by Gasteiger charge is 2.19. The van der Waals surface area contributed by atoms with E-state index in [4.69, 9.17) is 32.5 Å². The first-order valence-electron chi connectivity index (χ1n) is 8.75. The molecule has 0 aliphatic rings. The van der Waals surface area contributed by atoms with E-state index in [1.165, 1.54) is 11.1 Å². The standard InChI is InChI=1S/C18H20Cl2N6O3/c1-10(7-21-12-4-5-13(19)14(6-12)28-3)23-15(27)8-26-11(2)16(20)17(24-26)18-22-9-29-25-18/h4-6,9-10,21H,7-8H2,1-3H3,(H,23,27)/t10-/m0/s1. The number of halogens is 2. The Labute approximate surface area is 177 Å². The molecule has 29 heavy (non-hydrogen) atoms. The maximum Gasteiger partial charge on any atom is 0.242 e. The number of carbonyl (C=O) groups is 1. The van der Waals surface area contributed by atoms with Gasteiger partial charge in [-0.25, -0.2) is 0 Å². The Kier molecular flexibility index (Phi) is 6.60. The number of rotatable bonds is 8. The van der Waals surface area contributed by atoms with E-state index in [0.717, 1.165) is 5.69 Å². The third-order valence-electron chi connectivity index (χ3n) is 4.17. The number of methoxy groups -OCH3 is 1. The van der Waals surface area contributed by atoms with Crippen LogP contribution in [0.4, 0.5) is 5.69 Å². The predicted molar refractivity (Wildman–Crippen MR) is 109 cm³/mol. The van der Waals surface area contributed by atoms with Crippen molar-refractivity contribution in [3.63, 3.8) is 0 Å². The van der Waals surface area contributed by atoms with Crippen molar-refractivity contribution in [1.29, 1.82) is 0 Å². The summed E-state index contributed by atoms with van der Waals surface area (Å²) in [7, 11) is 1.56. The van der Waals surface area contributed by atoms with Crippen molar-refractivity contribution >= 4 is 34.8 Å². The lowest BCUT2D eigenvalue weighted by Crippen LogP contribution is -2.39. The second-order valence-corrected chi connectivity index (χ2v) is 7.14. The maximum atomic E-state index is 12.4. The molecule has 1 atom stereocenters. The van der Waals surface area contributed by atoms with Gasteiger partial charge in [-0.3, -0.25) is 9.48 Å². The van der Waals surface area contributed by atoms with Crippen LogP contribution in [0.25, 0.3) is 11.5 Å².